The van der Waals surface area contributed by atoms with E-state index in [4.69, 9.17) is 18.9 Å². The van der Waals surface area contributed by atoms with Crippen LogP contribution < -0.4 is 10.6 Å². The standard InChI is InChI=1S/C49H80N6O9S/c1-15-33(6)41(54(12)45(58)36(31(2)3)30-39(56)40(32(4)5)53(11)26-20-24-51-47(59)64-49(8,9)10)46(62-14)63-48(60)55-27-19-23-38(55)42(61-13)34(7)43(57)52-37(44-50-25-28-65-44)29-35-21-17-16-18-22-35/h16-18,21-22,25,28,31-34,36-38,40-42,46H,15,19-20,23-24,26-27,29-30H2,1-14H3,(H,51,59)(H,52,57)/t33-,34+,36-,37-,38-,40-,41-,42+,46+/m0/s1. The first-order chi connectivity index (χ1) is 30.6. The van der Waals surface area contributed by atoms with E-state index in [-0.39, 0.29) is 47.8 Å². The SMILES string of the molecule is CC[C@H](C)[C@@H]([C@H](OC)OC(=O)N1CCC[C@H]1[C@H](OC)[C@@H](C)C(=O)N[C@@H](Cc1ccccc1)c1nccs1)N(C)C(=O)[C@@H](CC(=O)[C@H](C(C)C)N(C)CCCNC(=O)OC(C)(C)C)C(C)C. The van der Waals surface area contributed by atoms with Gasteiger partial charge in [-0.3, -0.25) is 19.3 Å². The molecule has 1 aliphatic heterocycles. The Balaban J connectivity index is 1.74. The minimum atomic E-state index is -1.13. The van der Waals surface area contributed by atoms with Crippen molar-refractivity contribution in [3.05, 3.63) is 52.5 Å². The quantitative estimate of drug-likeness (QED) is 0.0738. The molecule has 0 bridgehead atoms. The first-order valence-corrected chi connectivity index (χ1v) is 24.3. The summed E-state index contributed by atoms with van der Waals surface area (Å²) in [5, 5.41) is 8.68. The fourth-order valence-corrected chi connectivity index (χ4v) is 9.60. The number of benzene rings is 1. The molecule has 0 spiro atoms. The van der Waals surface area contributed by atoms with Gasteiger partial charge in [-0.25, -0.2) is 14.6 Å². The Morgan fingerprint density at radius 3 is 2.20 bits per heavy atom. The molecule has 0 unspecified atom stereocenters. The van der Waals surface area contributed by atoms with Gasteiger partial charge >= 0.3 is 12.2 Å². The molecule has 1 aromatic carbocycles. The summed E-state index contributed by atoms with van der Waals surface area (Å²) in [5.74, 6) is -2.10. The lowest BCUT2D eigenvalue weighted by Gasteiger charge is -2.40. The highest BCUT2D eigenvalue weighted by molar-refractivity contribution is 7.09. The third-order valence-electron chi connectivity index (χ3n) is 12.5. The maximum atomic E-state index is 14.6. The minimum Gasteiger partial charge on any atom is -0.444 e. The molecule has 0 aliphatic carbocycles. The first-order valence-electron chi connectivity index (χ1n) is 23.4. The summed E-state index contributed by atoms with van der Waals surface area (Å²) in [6.07, 6.45) is 2.03. The molecule has 1 fully saturated rings. The fourth-order valence-electron chi connectivity index (χ4n) is 8.92. The molecule has 9 atom stereocenters. The summed E-state index contributed by atoms with van der Waals surface area (Å²) in [6.45, 7) is 20.5. The normalized spacial score (nSPS) is 18.0. The number of hydrogen-bond acceptors (Lipinski definition) is 12. The molecule has 1 saturated heterocycles. The zero-order chi connectivity index (χ0) is 48.6. The van der Waals surface area contributed by atoms with Crippen LogP contribution in [0.4, 0.5) is 9.59 Å². The number of hydrogen-bond donors (Lipinski definition) is 2. The van der Waals surface area contributed by atoms with E-state index >= 15 is 0 Å². The van der Waals surface area contributed by atoms with Crippen molar-refractivity contribution in [3.8, 4) is 0 Å². The van der Waals surface area contributed by atoms with Gasteiger partial charge in [-0.1, -0.05) is 85.2 Å². The second-order valence-corrected chi connectivity index (χ2v) is 20.2. The van der Waals surface area contributed by atoms with Crippen LogP contribution in [0.3, 0.4) is 0 Å². The van der Waals surface area contributed by atoms with Gasteiger partial charge in [0.25, 0.3) is 0 Å². The monoisotopic (exact) mass is 929 g/mol. The number of carbonyl (C=O) groups is 5. The van der Waals surface area contributed by atoms with E-state index < -0.39 is 60.1 Å². The molecular formula is C49H80N6O9S. The third-order valence-corrected chi connectivity index (χ3v) is 13.4. The summed E-state index contributed by atoms with van der Waals surface area (Å²) >= 11 is 1.49. The zero-order valence-electron chi connectivity index (χ0n) is 41.6. The van der Waals surface area contributed by atoms with Crippen LogP contribution in [-0.4, -0.2) is 134 Å². The van der Waals surface area contributed by atoms with E-state index in [0.717, 1.165) is 10.6 Å². The number of amides is 4. The largest absolute Gasteiger partial charge is 0.444 e. The second-order valence-electron chi connectivity index (χ2n) is 19.3. The van der Waals surface area contributed by atoms with Crippen LogP contribution in [0.5, 0.6) is 0 Å². The molecular weight excluding hydrogens is 849 g/mol. The maximum absolute atomic E-state index is 14.6. The van der Waals surface area contributed by atoms with E-state index in [2.05, 4.69) is 15.6 Å². The van der Waals surface area contributed by atoms with E-state index in [1.165, 1.54) is 18.4 Å². The van der Waals surface area contributed by atoms with E-state index in [9.17, 15) is 24.0 Å². The van der Waals surface area contributed by atoms with Crippen LogP contribution in [0.25, 0.3) is 0 Å². The minimum absolute atomic E-state index is 0.0262. The number of likely N-dealkylation sites (N-methyl/N-ethyl adjacent to an activating group) is 2. The van der Waals surface area contributed by atoms with Crippen molar-refractivity contribution in [1.82, 2.24) is 30.3 Å². The topological polar surface area (TPSA) is 169 Å². The molecule has 65 heavy (non-hydrogen) atoms. The second kappa shape index (κ2) is 26.3. The van der Waals surface area contributed by atoms with Gasteiger partial charge in [-0.2, -0.15) is 0 Å². The maximum Gasteiger partial charge on any atom is 0.412 e. The predicted octanol–water partition coefficient (Wildman–Crippen LogP) is 7.74. The van der Waals surface area contributed by atoms with Crippen molar-refractivity contribution >= 4 is 41.1 Å². The Morgan fingerprint density at radius 2 is 1.65 bits per heavy atom. The Bertz CT molecular complexity index is 1770. The molecule has 2 aromatic rings. The van der Waals surface area contributed by atoms with E-state index in [1.54, 1.807) is 30.2 Å². The average Bonchev–Trinajstić information content (AvgIpc) is 3.97. The Morgan fingerprint density at radius 1 is 0.969 bits per heavy atom. The highest BCUT2D eigenvalue weighted by Gasteiger charge is 2.44. The van der Waals surface area contributed by atoms with Crippen molar-refractivity contribution in [2.45, 2.75) is 150 Å². The molecule has 2 heterocycles. The van der Waals surface area contributed by atoms with Crippen molar-refractivity contribution in [2.75, 3.05) is 47.9 Å². The van der Waals surface area contributed by atoms with Crippen molar-refractivity contribution in [1.29, 1.82) is 0 Å². The number of nitrogens with zero attached hydrogens (tertiary/aromatic N) is 4. The number of rotatable bonds is 25. The number of aromatic nitrogens is 1. The Hall–Kier alpha value is -4.12. The molecule has 3 rings (SSSR count). The molecule has 0 saturated carbocycles. The Labute approximate surface area is 393 Å². The van der Waals surface area contributed by atoms with Gasteiger partial charge in [0.2, 0.25) is 18.1 Å². The lowest BCUT2D eigenvalue weighted by molar-refractivity contribution is -0.166. The summed E-state index contributed by atoms with van der Waals surface area (Å²) in [4.78, 5) is 78.8. The average molecular weight is 929 g/mol. The number of alkyl carbamates (subject to hydrolysis) is 1. The van der Waals surface area contributed by atoms with Gasteiger partial charge in [0.1, 0.15) is 10.6 Å². The van der Waals surface area contributed by atoms with Gasteiger partial charge in [0, 0.05) is 64.8 Å². The molecule has 16 heteroatoms. The summed E-state index contributed by atoms with van der Waals surface area (Å²) in [5.41, 5.74) is 0.474. The number of Topliss-reactive ketones (excluding diaryl/α,β-unsaturated/α-hetero) is 1. The highest BCUT2D eigenvalue weighted by Crippen LogP contribution is 2.31. The summed E-state index contributed by atoms with van der Waals surface area (Å²) in [6, 6.07) is 8.03. The van der Waals surface area contributed by atoms with Crippen LogP contribution in [0.2, 0.25) is 0 Å². The lowest BCUT2D eigenvalue weighted by atomic mass is 9.84. The predicted molar refractivity (Wildman–Crippen MR) is 254 cm³/mol. The van der Waals surface area contributed by atoms with E-state index in [0.29, 0.717) is 51.7 Å². The van der Waals surface area contributed by atoms with Gasteiger partial charge in [-0.15, -0.1) is 11.3 Å². The van der Waals surface area contributed by atoms with E-state index in [1.807, 2.05) is 117 Å². The molecule has 1 aromatic heterocycles. The van der Waals surface area contributed by atoms with Crippen molar-refractivity contribution < 1.29 is 42.9 Å². The van der Waals surface area contributed by atoms with Gasteiger partial charge in [-0.05, 0) is 76.8 Å². The number of thiazole rings is 1. The molecule has 15 nitrogen and oxygen atoms in total. The van der Waals surface area contributed by atoms with Crippen molar-refractivity contribution in [2.24, 2.45) is 29.6 Å². The van der Waals surface area contributed by atoms with Gasteiger partial charge in [0.05, 0.1) is 36.2 Å². The van der Waals surface area contributed by atoms with Crippen LogP contribution in [0.15, 0.2) is 41.9 Å². The molecule has 1 aliphatic rings. The number of ether oxygens (including phenoxy) is 4. The number of nitrogens with one attached hydrogen (secondary N) is 2. The van der Waals surface area contributed by atoms with Crippen molar-refractivity contribution in [3.63, 3.8) is 0 Å². The smallest absolute Gasteiger partial charge is 0.412 e. The van der Waals surface area contributed by atoms with Gasteiger partial charge < -0.3 is 39.4 Å². The molecule has 4 amide bonds. The summed E-state index contributed by atoms with van der Waals surface area (Å²) < 4.78 is 23.4. The lowest BCUT2D eigenvalue weighted by Crippen LogP contribution is -2.55. The van der Waals surface area contributed by atoms with Crippen LogP contribution in [0.1, 0.15) is 118 Å². The molecule has 366 valence electrons. The van der Waals surface area contributed by atoms with Crippen LogP contribution in [-0.2, 0) is 39.8 Å². The third kappa shape index (κ3) is 16.3. The van der Waals surface area contributed by atoms with Crippen LogP contribution >= 0.6 is 11.3 Å². The van der Waals surface area contributed by atoms with Crippen LogP contribution in [0, 0.1) is 29.6 Å². The highest BCUT2D eigenvalue weighted by atomic mass is 32.1. The summed E-state index contributed by atoms with van der Waals surface area (Å²) in [7, 11) is 6.60. The molecule has 0 radical (unpaired) electrons. The zero-order valence-corrected chi connectivity index (χ0v) is 42.4. The molecule has 2 N–H and O–H groups in total. The van der Waals surface area contributed by atoms with Gasteiger partial charge in [0.15, 0.2) is 5.78 Å². The Kier molecular flexibility index (Phi) is 22.3. The number of ketones is 1. The first kappa shape index (κ1) is 55.2. The fraction of sp³-hybridized carbons (Fsp3) is 0.714. The number of methoxy groups -OCH3 is 2. The number of carbonyl (C=O) groups excluding carboxylic acids is 5. The number of likely N-dealkylation sites (tertiary alicyclic amines) is 1.